The standard InChI is InChI=1S/C22H22N2O3/c1-4-27-22(25)19-14-24(17-10-12-18(26-3)13-11-17)21(23)15(2)20(19)16-8-6-5-7-9-16/h5-14,23H,4H2,1-3H3. The van der Waals surface area contributed by atoms with Crippen molar-refractivity contribution < 1.29 is 14.3 Å². The Morgan fingerprint density at radius 2 is 1.74 bits per heavy atom. The lowest BCUT2D eigenvalue weighted by Crippen LogP contribution is -2.24. The molecule has 0 aliphatic heterocycles. The molecule has 1 N–H and O–H groups in total. The number of pyridine rings is 1. The van der Waals surface area contributed by atoms with Crippen LogP contribution in [0, 0.1) is 12.3 Å². The molecule has 3 rings (SSSR count). The number of benzene rings is 2. The summed E-state index contributed by atoms with van der Waals surface area (Å²) in [5.74, 6) is 0.329. The van der Waals surface area contributed by atoms with Gasteiger partial charge in [0.15, 0.2) is 0 Å². The Balaban J connectivity index is 2.25. The Morgan fingerprint density at radius 1 is 1.07 bits per heavy atom. The summed E-state index contributed by atoms with van der Waals surface area (Å²) in [7, 11) is 1.61. The molecule has 0 spiro atoms. The van der Waals surface area contributed by atoms with Gasteiger partial charge in [-0.3, -0.25) is 5.41 Å². The summed E-state index contributed by atoms with van der Waals surface area (Å²) in [5.41, 5.74) is 3.84. The third kappa shape index (κ3) is 3.62. The van der Waals surface area contributed by atoms with Crippen molar-refractivity contribution in [2.45, 2.75) is 13.8 Å². The Labute approximate surface area is 158 Å². The number of esters is 1. The van der Waals surface area contributed by atoms with Gasteiger partial charge in [-0.25, -0.2) is 4.79 Å². The molecule has 0 amide bonds. The van der Waals surface area contributed by atoms with E-state index in [4.69, 9.17) is 14.9 Å². The predicted octanol–water partition coefficient (Wildman–Crippen LogP) is 4.12. The van der Waals surface area contributed by atoms with Gasteiger partial charge >= 0.3 is 5.97 Å². The number of methoxy groups -OCH3 is 1. The minimum Gasteiger partial charge on any atom is -0.497 e. The average Bonchev–Trinajstić information content (AvgIpc) is 2.70. The molecule has 3 aromatic rings. The Kier molecular flexibility index (Phi) is 5.41. The first-order valence-corrected chi connectivity index (χ1v) is 8.74. The summed E-state index contributed by atoms with van der Waals surface area (Å²) in [4.78, 5) is 12.7. The number of rotatable bonds is 5. The molecule has 0 saturated heterocycles. The minimum absolute atomic E-state index is 0.289. The molecule has 138 valence electrons. The number of hydrogen-bond donors (Lipinski definition) is 1. The Hall–Kier alpha value is -3.34. The highest BCUT2D eigenvalue weighted by atomic mass is 16.5. The molecular formula is C22H22N2O3. The lowest BCUT2D eigenvalue weighted by molar-refractivity contribution is 0.0526. The third-order valence-electron chi connectivity index (χ3n) is 4.41. The van der Waals surface area contributed by atoms with Gasteiger partial charge in [0, 0.05) is 23.0 Å². The van der Waals surface area contributed by atoms with E-state index in [9.17, 15) is 4.79 Å². The molecule has 0 fully saturated rings. The first kappa shape index (κ1) is 18.5. The largest absolute Gasteiger partial charge is 0.497 e. The number of ether oxygens (including phenoxy) is 2. The maximum absolute atomic E-state index is 12.7. The van der Waals surface area contributed by atoms with Crippen LogP contribution < -0.4 is 10.2 Å². The van der Waals surface area contributed by atoms with Crippen LogP contribution in [0.4, 0.5) is 0 Å². The minimum atomic E-state index is -0.401. The summed E-state index contributed by atoms with van der Waals surface area (Å²) >= 11 is 0. The predicted molar refractivity (Wildman–Crippen MR) is 104 cm³/mol. The van der Waals surface area contributed by atoms with Gasteiger partial charge in [-0.15, -0.1) is 0 Å². The van der Waals surface area contributed by atoms with E-state index in [2.05, 4.69) is 0 Å². The van der Waals surface area contributed by atoms with Crippen molar-refractivity contribution in [2.24, 2.45) is 0 Å². The highest BCUT2D eigenvalue weighted by molar-refractivity contribution is 5.98. The van der Waals surface area contributed by atoms with Crippen molar-refractivity contribution in [1.82, 2.24) is 4.57 Å². The van der Waals surface area contributed by atoms with Crippen molar-refractivity contribution in [1.29, 1.82) is 5.41 Å². The zero-order valence-corrected chi connectivity index (χ0v) is 15.7. The quantitative estimate of drug-likeness (QED) is 0.695. The van der Waals surface area contributed by atoms with Gasteiger partial charge in [-0.1, -0.05) is 30.3 Å². The van der Waals surface area contributed by atoms with Gasteiger partial charge in [-0.05, 0) is 43.7 Å². The molecule has 1 aromatic heterocycles. The summed E-state index contributed by atoms with van der Waals surface area (Å²) in [6, 6.07) is 17.0. The van der Waals surface area contributed by atoms with Crippen molar-refractivity contribution in [3.8, 4) is 22.6 Å². The van der Waals surface area contributed by atoms with Crippen LogP contribution in [0.1, 0.15) is 22.8 Å². The van der Waals surface area contributed by atoms with Crippen LogP contribution in [0.2, 0.25) is 0 Å². The molecule has 27 heavy (non-hydrogen) atoms. The number of carbonyl (C=O) groups excluding carboxylic acids is 1. The van der Waals surface area contributed by atoms with Gasteiger partial charge in [0.2, 0.25) is 0 Å². The third-order valence-corrected chi connectivity index (χ3v) is 4.41. The SMILES string of the molecule is CCOC(=O)c1cn(-c2ccc(OC)cc2)c(=N)c(C)c1-c1ccccc1. The second-order valence-corrected chi connectivity index (χ2v) is 6.05. The van der Waals surface area contributed by atoms with Crippen molar-refractivity contribution in [3.05, 3.63) is 77.4 Å². The van der Waals surface area contributed by atoms with Gasteiger partial charge in [0.25, 0.3) is 0 Å². The molecule has 0 unspecified atom stereocenters. The maximum atomic E-state index is 12.7. The van der Waals surface area contributed by atoms with Crippen molar-refractivity contribution >= 4 is 5.97 Å². The first-order chi connectivity index (χ1) is 13.1. The Morgan fingerprint density at radius 3 is 2.33 bits per heavy atom. The van der Waals surface area contributed by atoms with Crippen LogP contribution in [0.5, 0.6) is 5.75 Å². The molecule has 0 aliphatic carbocycles. The van der Waals surface area contributed by atoms with Crippen LogP contribution in [-0.2, 0) is 4.74 Å². The van der Waals surface area contributed by atoms with E-state index >= 15 is 0 Å². The molecular weight excluding hydrogens is 340 g/mol. The molecule has 0 radical (unpaired) electrons. The van der Waals surface area contributed by atoms with Crippen LogP contribution >= 0.6 is 0 Å². The molecule has 0 aliphatic rings. The van der Waals surface area contributed by atoms with Gasteiger partial charge < -0.3 is 14.0 Å². The van der Waals surface area contributed by atoms with Crippen molar-refractivity contribution in [2.75, 3.05) is 13.7 Å². The summed E-state index contributed by atoms with van der Waals surface area (Å²) < 4.78 is 12.2. The van der Waals surface area contributed by atoms with Gasteiger partial charge in [0.1, 0.15) is 11.2 Å². The lowest BCUT2D eigenvalue weighted by atomic mass is 9.96. The maximum Gasteiger partial charge on any atom is 0.340 e. The molecule has 1 heterocycles. The zero-order chi connectivity index (χ0) is 19.4. The molecule has 0 bridgehead atoms. The fourth-order valence-electron chi connectivity index (χ4n) is 3.05. The highest BCUT2D eigenvalue weighted by Crippen LogP contribution is 2.27. The average molecular weight is 362 g/mol. The normalized spacial score (nSPS) is 10.5. The number of hydrogen-bond acceptors (Lipinski definition) is 4. The van der Waals surface area contributed by atoms with Crippen LogP contribution in [-0.4, -0.2) is 24.3 Å². The van der Waals surface area contributed by atoms with Crippen LogP contribution in [0.25, 0.3) is 16.8 Å². The van der Waals surface area contributed by atoms with E-state index in [1.54, 1.807) is 24.8 Å². The fraction of sp³-hybridized carbons (Fsp3) is 0.182. The van der Waals surface area contributed by atoms with E-state index in [0.29, 0.717) is 16.6 Å². The van der Waals surface area contributed by atoms with E-state index < -0.39 is 5.97 Å². The number of nitrogens with zero attached hydrogens (tertiary/aromatic N) is 1. The highest BCUT2D eigenvalue weighted by Gasteiger charge is 2.19. The Bertz CT molecular complexity index is 1010. The van der Waals surface area contributed by atoms with Crippen LogP contribution in [0.15, 0.2) is 60.8 Å². The number of carbonyl (C=O) groups is 1. The van der Waals surface area contributed by atoms with E-state index in [-0.39, 0.29) is 6.61 Å². The van der Waals surface area contributed by atoms with Gasteiger partial charge in [0.05, 0.1) is 19.3 Å². The zero-order valence-electron chi connectivity index (χ0n) is 15.7. The molecule has 2 aromatic carbocycles. The lowest BCUT2D eigenvalue weighted by Gasteiger charge is -2.17. The van der Waals surface area contributed by atoms with E-state index in [1.807, 2.05) is 61.5 Å². The molecule has 0 atom stereocenters. The fourth-order valence-corrected chi connectivity index (χ4v) is 3.05. The topological polar surface area (TPSA) is 64.3 Å². The molecule has 5 heteroatoms. The monoisotopic (exact) mass is 362 g/mol. The van der Waals surface area contributed by atoms with E-state index in [0.717, 1.165) is 22.6 Å². The van der Waals surface area contributed by atoms with Crippen molar-refractivity contribution in [3.63, 3.8) is 0 Å². The smallest absolute Gasteiger partial charge is 0.340 e. The summed E-state index contributed by atoms with van der Waals surface area (Å²) in [6.07, 6.45) is 1.68. The molecule has 5 nitrogen and oxygen atoms in total. The second kappa shape index (κ2) is 7.91. The first-order valence-electron chi connectivity index (χ1n) is 8.74. The molecule has 0 saturated carbocycles. The summed E-state index contributed by atoms with van der Waals surface area (Å²) in [6.45, 7) is 3.92. The number of aromatic nitrogens is 1. The van der Waals surface area contributed by atoms with Gasteiger partial charge in [-0.2, -0.15) is 0 Å². The second-order valence-electron chi connectivity index (χ2n) is 6.05. The number of nitrogens with one attached hydrogen (secondary N) is 1. The van der Waals surface area contributed by atoms with E-state index in [1.165, 1.54) is 0 Å². The summed E-state index contributed by atoms with van der Waals surface area (Å²) in [5, 5.41) is 8.64. The van der Waals surface area contributed by atoms with Crippen LogP contribution in [0.3, 0.4) is 0 Å².